The number of ether oxygens (including phenoxy) is 1. The maximum Gasteiger partial charge on any atom is 0.239 e. The molecule has 0 saturated carbocycles. The van der Waals surface area contributed by atoms with Gasteiger partial charge in [-0.2, -0.15) is 4.37 Å². The van der Waals surface area contributed by atoms with Crippen LogP contribution >= 0.6 is 11.5 Å². The second-order valence-corrected chi connectivity index (χ2v) is 3.31. The first-order chi connectivity index (χ1) is 6.81. The van der Waals surface area contributed by atoms with Gasteiger partial charge in [-0.1, -0.05) is 0 Å². The third kappa shape index (κ3) is 1.51. The van der Waals surface area contributed by atoms with Gasteiger partial charge in [0.1, 0.15) is 4.88 Å². The molecule has 0 atom stereocenters. The number of nitrogens with zero attached hydrogens (tertiary/aromatic N) is 2. The van der Waals surface area contributed by atoms with E-state index >= 15 is 0 Å². The zero-order valence-electron chi connectivity index (χ0n) is 7.35. The molecule has 72 valence electrons. The van der Waals surface area contributed by atoms with E-state index < -0.39 is 0 Å². The highest BCUT2D eigenvalue weighted by molar-refractivity contribution is 7.08. The molecular weight excluding hydrogens is 202 g/mol. The van der Waals surface area contributed by atoms with Crippen LogP contribution in [0, 0.1) is 0 Å². The Labute approximate surface area is 83.9 Å². The highest BCUT2D eigenvalue weighted by atomic mass is 32.1. The van der Waals surface area contributed by atoms with Crippen molar-refractivity contribution in [1.82, 2.24) is 14.3 Å². The SMILES string of the molecule is COc1cc(C(=O)c2ncc[nH]2)sn1. The minimum atomic E-state index is -0.171. The molecule has 2 rings (SSSR count). The number of carbonyl (C=O) groups excluding carboxylic acids is 1. The Kier molecular flexibility index (Phi) is 2.28. The molecule has 0 unspecified atom stereocenters. The lowest BCUT2D eigenvalue weighted by molar-refractivity contribution is 0.103. The molecule has 0 aliphatic rings. The molecule has 0 saturated heterocycles. The first kappa shape index (κ1) is 8.89. The van der Waals surface area contributed by atoms with E-state index in [4.69, 9.17) is 4.74 Å². The van der Waals surface area contributed by atoms with Crippen molar-refractivity contribution >= 4 is 17.3 Å². The average Bonchev–Trinajstić information content (AvgIpc) is 2.88. The van der Waals surface area contributed by atoms with Crippen molar-refractivity contribution in [2.45, 2.75) is 0 Å². The fourth-order valence-electron chi connectivity index (χ4n) is 0.968. The first-order valence-corrected chi connectivity index (χ1v) is 4.63. The van der Waals surface area contributed by atoms with Gasteiger partial charge in [0.05, 0.1) is 7.11 Å². The standard InChI is InChI=1S/C8H7N3O2S/c1-13-6-4-5(14-11-6)7(12)8-9-2-3-10-8/h2-4H,1H3,(H,9,10). The van der Waals surface area contributed by atoms with Crippen molar-refractivity contribution in [3.8, 4) is 5.88 Å². The predicted octanol–water partition coefficient (Wildman–Crippen LogP) is 1.11. The molecule has 0 bridgehead atoms. The fraction of sp³-hybridized carbons (Fsp3) is 0.125. The number of imidazole rings is 1. The molecular formula is C8H7N3O2S. The maximum absolute atomic E-state index is 11.7. The van der Waals surface area contributed by atoms with Gasteiger partial charge in [-0.25, -0.2) is 4.98 Å². The summed E-state index contributed by atoms with van der Waals surface area (Å²) in [6, 6.07) is 1.59. The molecule has 2 aromatic heterocycles. The van der Waals surface area contributed by atoms with E-state index in [1.165, 1.54) is 13.3 Å². The summed E-state index contributed by atoms with van der Waals surface area (Å²) >= 11 is 1.10. The molecule has 0 aromatic carbocycles. The first-order valence-electron chi connectivity index (χ1n) is 3.86. The fourth-order valence-corrected chi connectivity index (χ4v) is 1.62. The van der Waals surface area contributed by atoms with Crippen molar-refractivity contribution in [1.29, 1.82) is 0 Å². The number of aromatic amines is 1. The average molecular weight is 209 g/mol. The molecule has 14 heavy (non-hydrogen) atoms. The molecule has 0 aliphatic carbocycles. The van der Waals surface area contributed by atoms with Crippen molar-refractivity contribution < 1.29 is 9.53 Å². The second kappa shape index (κ2) is 3.59. The lowest BCUT2D eigenvalue weighted by Crippen LogP contribution is -2.00. The molecule has 0 amide bonds. The third-order valence-electron chi connectivity index (χ3n) is 1.63. The second-order valence-electron chi connectivity index (χ2n) is 2.50. The lowest BCUT2D eigenvalue weighted by Gasteiger charge is -1.89. The van der Waals surface area contributed by atoms with E-state index in [2.05, 4.69) is 14.3 Å². The number of hydrogen-bond acceptors (Lipinski definition) is 5. The smallest absolute Gasteiger partial charge is 0.239 e. The van der Waals surface area contributed by atoms with Gasteiger partial charge in [0.15, 0.2) is 5.82 Å². The van der Waals surface area contributed by atoms with Crippen LogP contribution in [0.5, 0.6) is 5.88 Å². The normalized spacial score (nSPS) is 10.1. The molecule has 2 heterocycles. The topological polar surface area (TPSA) is 67.9 Å². The Morgan fingerprint density at radius 2 is 2.50 bits per heavy atom. The minimum absolute atomic E-state index is 0.171. The number of nitrogens with one attached hydrogen (secondary N) is 1. The number of H-pyrrole nitrogens is 1. The highest BCUT2D eigenvalue weighted by Crippen LogP contribution is 2.18. The molecule has 0 fully saturated rings. The van der Waals surface area contributed by atoms with Crippen LogP contribution in [-0.4, -0.2) is 27.2 Å². The Hall–Kier alpha value is -1.69. The summed E-state index contributed by atoms with van der Waals surface area (Å²) in [6.07, 6.45) is 3.14. The number of rotatable bonds is 3. The highest BCUT2D eigenvalue weighted by Gasteiger charge is 2.14. The van der Waals surface area contributed by atoms with Crippen molar-refractivity contribution in [2.24, 2.45) is 0 Å². The van der Waals surface area contributed by atoms with E-state index in [1.807, 2.05) is 0 Å². The Morgan fingerprint density at radius 1 is 1.64 bits per heavy atom. The van der Waals surface area contributed by atoms with E-state index in [9.17, 15) is 4.79 Å². The van der Waals surface area contributed by atoms with Gasteiger partial charge in [-0.3, -0.25) is 4.79 Å². The largest absolute Gasteiger partial charge is 0.480 e. The van der Waals surface area contributed by atoms with Crippen LogP contribution in [0.4, 0.5) is 0 Å². The van der Waals surface area contributed by atoms with Crippen LogP contribution in [0.25, 0.3) is 0 Å². The predicted molar refractivity (Wildman–Crippen MR) is 50.7 cm³/mol. The van der Waals surface area contributed by atoms with E-state index in [-0.39, 0.29) is 5.78 Å². The van der Waals surface area contributed by atoms with Gasteiger partial charge in [0.25, 0.3) is 0 Å². The van der Waals surface area contributed by atoms with Gasteiger partial charge in [0.2, 0.25) is 11.7 Å². The van der Waals surface area contributed by atoms with Crippen LogP contribution < -0.4 is 4.74 Å². The van der Waals surface area contributed by atoms with Crippen molar-refractivity contribution in [3.63, 3.8) is 0 Å². The summed E-state index contributed by atoms with van der Waals surface area (Å²) in [4.78, 5) is 18.8. The molecule has 0 radical (unpaired) electrons. The van der Waals surface area contributed by atoms with Gasteiger partial charge < -0.3 is 9.72 Å². The zero-order valence-corrected chi connectivity index (χ0v) is 8.17. The summed E-state index contributed by atoms with van der Waals surface area (Å²) in [6.45, 7) is 0. The lowest BCUT2D eigenvalue weighted by atomic mass is 10.3. The van der Waals surface area contributed by atoms with Crippen molar-refractivity contribution in [2.75, 3.05) is 7.11 Å². The number of aromatic nitrogens is 3. The van der Waals surface area contributed by atoms with Crippen molar-refractivity contribution in [3.05, 3.63) is 29.2 Å². The van der Waals surface area contributed by atoms with Crippen LogP contribution in [0.1, 0.15) is 15.5 Å². The number of methoxy groups -OCH3 is 1. The van der Waals surface area contributed by atoms with Crippen LogP contribution in [0.3, 0.4) is 0 Å². The number of ketones is 1. The van der Waals surface area contributed by atoms with Crippen LogP contribution in [0.15, 0.2) is 18.5 Å². The summed E-state index contributed by atoms with van der Waals surface area (Å²) in [5.74, 6) is 0.594. The Morgan fingerprint density at radius 3 is 3.07 bits per heavy atom. The molecule has 6 heteroatoms. The quantitative estimate of drug-likeness (QED) is 0.769. The van der Waals surface area contributed by atoms with E-state index in [1.54, 1.807) is 12.3 Å². The van der Waals surface area contributed by atoms with Crippen LogP contribution in [-0.2, 0) is 0 Å². The molecule has 5 nitrogen and oxygen atoms in total. The molecule has 1 N–H and O–H groups in total. The van der Waals surface area contributed by atoms with Gasteiger partial charge in [-0.15, -0.1) is 0 Å². The van der Waals surface area contributed by atoms with Gasteiger partial charge >= 0.3 is 0 Å². The van der Waals surface area contributed by atoms with Gasteiger partial charge in [0, 0.05) is 18.5 Å². The minimum Gasteiger partial charge on any atom is -0.480 e. The summed E-state index contributed by atoms with van der Waals surface area (Å²) < 4.78 is 8.80. The Bertz CT molecular complexity index is 435. The third-order valence-corrected chi connectivity index (χ3v) is 2.41. The maximum atomic E-state index is 11.7. The van der Waals surface area contributed by atoms with E-state index in [0.29, 0.717) is 16.6 Å². The van der Waals surface area contributed by atoms with E-state index in [0.717, 1.165) is 11.5 Å². The monoisotopic (exact) mass is 209 g/mol. The summed E-state index contributed by atoms with van der Waals surface area (Å²) in [5, 5.41) is 0. The number of carbonyl (C=O) groups is 1. The van der Waals surface area contributed by atoms with Crippen LogP contribution in [0.2, 0.25) is 0 Å². The van der Waals surface area contributed by atoms with Gasteiger partial charge in [-0.05, 0) is 11.5 Å². The molecule has 2 aromatic rings. The molecule has 0 spiro atoms. The summed E-state index contributed by atoms with van der Waals surface area (Å²) in [5.41, 5.74) is 0. The molecule has 0 aliphatic heterocycles. The zero-order chi connectivity index (χ0) is 9.97. The summed E-state index contributed by atoms with van der Waals surface area (Å²) in [7, 11) is 1.51. The Balaban J connectivity index is 2.28. The number of hydrogen-bond donors (Lipinski definition) is 1.